The highest BCUT2D eigenvalue weighted by Gasteiger charge is 2.16. The second-order valence-corrected chi connectivity index (χ2v) is 5.10. The van der Waals surface area contributed by atoms with E-state index in [2.05, 4.69) is 11.1 Å². The van der Waals surface area contributed by atoms with Gasteiger partial charge in [-0.25, -0.2) is 4.98 Å². The summed E-state index contributed by atoms with van der Waals surface area (Å²) in [6.07, 6.45) is 9.62. The third-order valence-corrected chi connectivity index (χ3v) is 3.80. The number of aromatic nitrogens is 1. The minimum Gasteiger partial charge on any atom is -0.441 e. The van der Waals surface area contributed by atoms with Crippen molar-refractivity contribution in [1.29, 1.82) is 0 Å². The molecule has 0 bridgehead atoms. The van der Waals surface area contributed by atoms with E-state index < -0.39 is 0 Å². The smallest absolute Gasteiger partial charge is 0.194 e. The molecule has 93 valence electrons. The van der Waals surface area contributed by atoms with Crippen LogP contribution in [0.3, 0.4) is 0 Å². The van der Waals surface area contributed by atoms with Gasteiger partial charge in [-0.15, -0.1) is 0 Å². The lowest BCUT2D eigenvalue weighted by Crippen LogP contribution is -1.96. The van der Waals surface area contributed by atoms with Gasteiger partial charge in [0.15, 0.2) is 11.7 Å². The van der Waals surface area contributed by atoms with Crippen LogP contribution in [0.15, 0.2) is 34.9 Å². The molecule has 18 heavy (non-hydrogen) atoms. The highest BCUT2D eigenvalue weighted by atomic mass is 16.4. The third-order valence-electron chi connectivity index (χ3n) is 3.80. The Morgan fingerprint density at radius 1 is 1.22 bits per heavy atom. The Labute approximate surface area is 108 Å². The van der Waals surface area contributed by atoms with E-state index in [4.69, 9.17) is 4.42 Å². The van der Waals surface area contributed by atoms with E-state index in [1.807, 2.05) is 30.5 Å². The van der Waals surface area contributed by atoms with Gasteiger partial charge < -0.3 is 4.42 Å². The van der Waals surface area contributed by atoms with Gasteiger partial charge >= 0.3 is 0 Å². The van der Waals surface area contributed by atoms with Crippen molar-refractivity contribution in [2.45, 2.75) is 38.5 Å². The summed E-state index contributed by atoms with van der Waals surface area (Å²) in [6.45, 7) is 0. The largest absolute Gasteiger partial charge is 0.441 e. The van der Waals surface area contributed by atoms with Crippen LogP contribution in [0.4, 0.5) is 0 Å². The van der Waals surface area contributed by atoms with Gasteiger partial charge in [0.25, 0.3) is 0 Å². The van der Waals surface area contributed by atoms with Gasteiger partial charge in [0, 0.05) is 12.0 Å². The summed E-state index contributed by atoms with van der Waals surface area (Å²) in [5, 5.41) is 0. The summed E-state index contributed by atoms with van der Waals surface area (Å²) in [6, 6.07) is 10.8. The molecule has 1 fully saturated rings. The first-order valence-corrected chi connectivity index (χ1v) is 6.83. The van der Waals surface area contributed by atoms with E-state index in [9.17, 15) is 0 Å². The second-order valence-electron chi connectivity index (χ2n) is 5.10. The van der Waals surface area contributed by atoms with Crippen molar-refractivity contribution in [1.82, 2.24) is 4.98 Å². The zero-order valence-electron chi connectivity index (χ0n) is 10.6. The van der Waals surface area contributed by atoms with Gasteiger partial charge in [-0.05, 0) is 18.4 Å². The summed E-state index contributed by atoms with van der Waals surface area (Å²) >= 11 is 0. The Hall–Kier alpha value is -1.57. The van der Waals surface area contributed by atoms with Gasteiger partial charge in [-0.1, -0.05) is 49.9 Å². The Bertz CT molecular complexity index is 483. The number of benzene rings is 1. The molecule has 0 unspecified atom stereocenters. The number of nitrogens with zero attached hydrogens (tertiary/aromatic N) is 1. The van der Waals surface area contributed by atoms with Crippen molar-refractivity contribution in [3.05, 3.63) is 42.4 Å². The van der Waals surface area contributed by atoms with Crippen LogP contribution >= 0.6 is 0 Å². The lowest BCUT2D eigenvalue weighted by molar-refractivity contribution is 0.443. The van der Waals surface area contributed by atoms with Crippen LogP contribution in [0.25, 0.3) is 11.3 Å². The van der Waals surface area contributed by atoms with Crippen molar-refractivity contribution in [3.8, 4) is 11.3 Å². The normalized spacial score (nSPS) is 16.2. The highest BCUT2D eigenvalue weighted by molar-refractivity contribution is 5.55. The van der Waals surface area contributed by atoms with Crippen LogP contribution < -0.4 is 0 Å². The Morgan fingerprint density at radius 2 is 2.00 bits per heavy atom. The number of rotatable bonds is 4. The fraction of sp³-hybridized carbons (Fsp3) is 0.438. The van der Waals surface area contributed by atoms with Gasteiger partial charge in [0.1, 0.15) is 0 Å². The molecule has 1 heterocycles. The Balaban J connectivity index is 1.63. The maximum absolute atomic E-state index is 5.80. The lowest BCUT2D eigenvalue weighted by Gasteiger charge is -2.05. The molecule has 1 aliphatic rings. The van der Waals surface area contributed by atoms with Gasteiger partial charge in [0.05, 0.1) is 6.20 Å². The molecule has 1 radical (unpaired) electrons. The van der Waals surface area contributed by atoms with E-state index >= 15 is 0 Å². The van der Waals surface area contributed by atoms with Crippen LogP contribution in [0.1, 0.15) is 38.0 Å². The molecular formula is C16H18NO. The minimum absolute atomic E-state index is 0.866. The summed E-state index contributed by atoms with van der Waals surface area (Å²) in [5.41, 5.74) is 1.08. The molecule has 0 atom stereocenters. The molecule has 1 aromatic heterocycles. The molecule has 0 saturated heterocycles. The average Bonchev–Trinajstić information content (AvgIpc) is 3.09. The van der Waals surface area contributed by atoms with E-state index in [0.29, 0.717) is 0 Å². The van der Waals surface area contributed by atoms with E-state index in [1.54, 1.807) is 0 Å². The first-order valence-electron chi connectivity index (χ1n) is 6.83. The average molecular weight is 240 g/mol. The Kier molecular flexibility index (Phi) is 3.44. The molecule has 2 heteroatoms. The van der Waals surface area contributed by atoms with E-state index in [-0.39, 0.29) is 0 Å². The number of hydrogen-bond acceptors (Lipinski definition) is 2. The summed E-state index contributed by atoms with van der Waals surface area (Å²) < 4.78 is 5.80. The summed E-state index contributed by atoms with van der Waals surface area (Å²) in [5.74, 6) is 2.64. The van der Waals surface area contributed by atoms with Crippen molar-refractivity contribution in [2.24, 2.45) is 5.92 Å². The molecule has 0 amide bonds. The highest BCUT2D eigenvalue weighted by Crippen LogP contribution is 2.29. The van der Waals surface area contributed by atoms with Crippen molar-refractivity contribution in [2.75, 3.05) is 0 Å². The monoisotopic (exact) mass is 240 g/mol. The maximum atomic E-state index is 5.80. The van der Waals surface area contributed by atoms with Crippen LogP contribution in [-0.2, 0) is 6.42 Å². The van der Waals surface area contributed by atoms with Crippen LogP contribution in [0.2, 0.25) is 0 Å². The van der Waals surface area contributed by atoms with Crippen molar-refractivity contribution in [3.63, 3.8) is 0 Å². The molecule has 2 nitrogen and oxygen atoms in total. The molecule has 1 aromatic carbocycles. The lowest BCUT2D eigenvalue weighted by atomic mass is 10.0. The van der Waals surface area contributed by atoms with Crippen LogP contribution in [0.5, 0.6) is 0 Å². The topological polar surface area (TPSA) is 26.0 Å². The minimum atomic E-state index is 0.866. The fourth-order valence-corrected chi connectivity index (χ4v) is 2.74. The molecule has 1 saturated carbocycles. The third kappa shape index (κ3) is 2.63. The fourth-order valence-electron chi connectivity index (χ4n) is 2.74. The Morgan fingerprint density at radius 3 is 2.78 bits per heavy atom. The van der Waals surface area contributed by atoms with Crippen LogP contribution in [0, 0.1) is 12.0 Å². The van der Waals surface area contributed by atoms with Crippen molar-refractivity contribution >= 4 is 0 Å². The van der Waals surface area contributed by atoms with Crippen molar-refractivity contribution < 1.29 is 4.42 Å². The quantitative estimate of drug-likeness (QED) is 0.797. The molecule has 0 N–H and O–H groups in total. The number of aryl methyl sites for hydroxylation is 1. The van der Waals surface area contributed by atoms with Gasteiger partial charge in [0.2, 0.25) is 0 Å². The molecule has 2 aromatic rings. The number of hydrogen-bond donors (Lipinski definition) is 0. The molecule has 3 rings (SSSR count). The molecular weight excluding hydrogens is 222 g/mol. The molecule has 0 spiro atoms. The van der Waals surface area contributed by atoms with E-state index in [1.165, 1.54) is 32.1 Å². The first kappa shape index (κ1) is 11.5. The standard InChI is InChI=1S/C16H18NO/c1-2-8-14(9-3-1)15-12-17-16(18-15)11-10-13-6-4-5-7-13/h2-3,8-9,12-13H,4-7,10-11H2. The SMILES string of the molecule is [c]1ccc(-c2cnc(CCC3CCCC3)o2)cc1. The molecule has 1 aliphatic carbocycles. The van der Waals surface area contributed by atoms with Gasteiger partial charge in [-0.2, -0.15) is 0 Å². The maximum Gasteiger partial charge on any atom is 0.194 e. The number of oxazole rings is 1. The summed E-state index contributed by atoms with van der Waals surface area (Å²) in [4.78, 5) is 4.38. The molecule has 0 aliphatic heterocycles. The summed E-state index contributed by atoms with van der Waals surface area (Å²) in [7, 11) is 0. The zero-order valence-corrected chi connectivity index (χ0v) is 10.6. The van der Waals surface area contributed by atoms with E-state index in [0.717, 1.165) is 29.6 Å². The zero-order chi connectivity index (χ0) is 12.2. The predicted octanol–water partition coefficient (Wildman–Crippen LogP) is 4.26. The first-order chi connectivity index (χ1) is 8.92. The van der Waals surface area contributed by atoms with Gasteiger partial charge in [-0.3, -0.25) is 0 Å². The van der Waals surface area contributed by atoms with Crippen LogP contribution in [-0.4, -0.2) is 4.98 Å². The predicted molar refractivity (Wildman–Crippen MR) is 71.1 cm³/mol. The second kappa shape index (κ2) is 5.38.